The third-order valence-electron chi connectivity index (χ3n) is 1.58. The first kappa shape index (κ1) is 12.4. The van der Waals surface area contributed by atoms with Crippen molar-refractivity contribution in [3.8, 4) is 6.07 Å². The summed E-state index contributed by atoms with van der Waals surface area (Å²) in [6, 6.07) is 1.96. The lowest BCUT2D eigenvalue weighted by Crippen LogP contribution is -2.35. The van der Waals surface area contributed by atoms with E-state index in [0.29, 0.717) is 19.4 Å². The molecule has 0 rings (SSSR count). The summed E-state index contributed by atoms with van der Waals surface area (Å²) in [5, 5.41) is 8.27. The second kappa shape index (κ2) is 6.89. The molecule has 5 nitrogen and oxygen atoms in total. The molecule has 0 unspecified atom stereocenters. The zero-order chi connectivity index (χ0) is 11.0. The highest BCUT2D eigenvalue weighted by Gasteiger charge is 2.18. The summed E-state index contributed by atoms with van der Waals surface area (Å²) in [6.45, 7) is 2.22. The molecule has 0 radical (unpaired) electrons. The first-order chi connectivity index (χ1) is 6.63. The van der Waals surface area contributed by atoms with Gasteiger partial charge in [0.15, 0.2) is 0 Å². The highest BCUT2D eigenvalue weighted by Crippen LogP contribution is 1.94. The number of carbonyl (C=O) groups is 2. The van der Waals surface area contributed by atoms with Gasteiger partial charge in [-0.15, -0.1) is 0 Å². The SMILES string of the molecule is CCOC(=O)C(=O)N(C)CCCC#N. The van der Waals surface area contributed by atoms with Crippen molar-refractivity contribution >= 4 is 11.9 Å². The van der Waals surface area contributed by atoms with Crippen LogP contribution in [-0.4, -0.2) is 37.0 Å². The molecule has 1 amide bonds. The Morgan fingerprint density at radius 3 is 2.64 bits per heavy atom. The fourth-order valence-corrected chi connectivity index (χ4v) is 0.845. The highest BCUT2D eigenvalue weighted by molar-refractivity contribution is 6.32. The lowest BCUT2D eigenvalue weighted by atomic mass is 10.3. The van der Waals surface area contributed by atoms with Crippen molar-refractivity contribution in [2.75, 3.05) is 20.2 Å². The molecule has 0 aromatic carbocycles. The average Bonchev–Trinajstić information content (AvgIpc) is 2.17. The summed E-state index contributed by atoms with van der Waals surface area (Å²) in [4.78, 5) is 23.4. The van der Waals surface area contributed by atoms with Crippen LogP contribution in [0.15, 0.2) is 0 Å². The molecule has 0 bridgehead atoms. The number of hydrogen-bond acceptors (Lipinski definition) is 4. The summed E-state index contributed by atoms with van der Waals surface area (Å²) < 4.78 is 4.54. The molecule has 0 atom stereocenters. The van der Waals surface area contributed by atoms with Gasteiger partial charge in [-0.3, -0.25) is 4.79 Å². The van der Waals surface area contributed by atoms with Gasteiger partial charge in [0, 0.05) is 20.0 Å². The van der Waals surface area contributed by atoms with E-state index in [1.54, 1.807) is 6.92 Å². The lowest BCUT2D eigenvalue weighted by Gasteiger charge is -2.14. The Morgan fingerprint density at radius 2 is 2.14 bits per heavy atom. The number of rotatable bonds is 4. The van der Waals surface area contributed by atoms with Crippen molar-refractivity contribution in [3.05, 3.63) is 0 Å². The topological polar surface area (TPSA) is 70.4 Å². The van der Waals surface area contributed by atoms with Crippen LogP contribution in [0.5, 0.6) is 0 Å². The molecule has 0 aromatic heterocycles. The quantitative estimate of drug-likeness (QED) is 0.370. The molecule has 0 aromatic rings. The van der Waals surface area contributed by atoms with Crippen molar-refractivity contribution < 1.29 is 14.3 Å². The van der Waals surface area contributed by atoms with Crippen molar-refractivity contribution in [2.45, 2.75) is 19.8 Å². The van der Waals surface area contributed by atoms with E-state index in [0.717, 1.165) is 0 Å². The molecule has 0 fully saturated rings. The summed E-state index contributed by atoms with van der Waals surface area (Å²) in [6.07, 6.45) is 0.943. The minimum Gasteiger partial charge on any atom is -0.459 e. The van der Waals surface area contributed by atoms with Gasteiger partial charge in [0.2, 0.25) is 0 Å². The van der Waals surface area contributed by atoms with Crippen LogP contribution in [0.1, 0.15) is 19.8 Å². The molecule has 5 heteroatoms. The smallest absolute Gasteiger partial charge is 0.396 e. The van der Waals surface area contributed by atoms with E-state index in [1.807, 2.05) is 6.07 Å². The minimum atomic E-state index is -0.841. The Kier molecular flexibility index (Phi) is 6.12. The summed E-state index contributed by atoms with van der Waals surface area (Å²) in [5.74, 6) is -1.50. The third kappa shape index (κ3) is 4.45. The van der Waals surface area contributed by atoms with E-state index in [9.17, 15) is 9.59 Å². The van der Waals surface area contributed by atoms with E-state index in [2.05, 4.69) is 4.74 Å². The number of carbonyl (C=O) groups excluding carboxylic acids is 2. The number of ether oxygens (including phenoxy) is 1. The van der Waals surface area contributed by atoms with Crippen LogP contribution in [0.4, 0.5) is 0 Å². The molecular formula is C9H14N2O3. The molecule has 0 saturated heterocycles. The normalized spacial score (nSPS) is 8.93. The Bertz CT molecular complexity index is 245. The fraction of sp³-hybridized carbons (Fsp3) is 0.667. The Morgan fingerprint density at radius 1 is 1.50 bits per heavy atom. The first-order valence-electron chi connectivity index (χ1n) is 4.42. The van der Waals surface area contributed by atoms with Gasteiger partial charge >= 0.3 is 11.9 Å². The molecule has 0 aliphatic carbocycles. The number of amides is 1. The van der Waals surface area contributed by atoms with Gasteiger partial charge < -0.3 is 9.64 Å². The number of likely N-dealkylation sites (N-methyl/N-ethyl adjacent to an activating group) is 1. The fourth-order valence-electron chi connectivity index (χ4n) is 0.845. The Hall–Kier alpha value is -1.57. The maximum absolute atomic E-state index is 11.2. The number of unbranched alkanes of at least 4 members (excludes halogenated alkanes) is 1. The molecule has 0 spiro atoms. The Labute approximate surface area is 83.2 Å². The number of hydrogen-bond donors (Lipinski definition) is 0. The molecule has 14 heavy (non-hydrogen) atoms. The molecule has 0 saturated carbocycles. The van der Waals surface area contributed by atoms with Gasteiger partial charge in [0.1, 0.15) is 0 Å². The average molecular weight is 198 g/mol. The van der Waals surface area contributed by atoms with Gasteiger partial charge in [-0.05, 0) is 13.3 Å². The molecule has 0 aliphatic heterocycles. The number of esters is 1. The van der Waals surface area contributed by atoms with Crippen LogP contribution in [0.2, 0.25) is 0 Å². The van der Waals surface area contributed by atoms with Gasteiger partial charge in [-0.25, -0.2) is 4.79 Å². The zero-order valence-electron chi connectivity index (χ0n) is 8.45. The zero-order valence-corrected chi connectivity index (χ0v) is 8.45. The molecule has 0 aliphatic rings. The van der Waals surface area contributed by atoms with E-state index >= 15 is 0 Å². The van der Waals surface area contributed by atoms with Crippen LogP contribution in [0.25, 0.3) is 0 Å². The molecule has 78 valence electrons. The van der Waals surface area contributed by atoms with Crippen LogP contribution in [0.3, 0.4) is 0 Å². The van der Waals surface area contributed by atoms with E-state index < -0.39 is 11.9 Å². The van der Waals surface area contributed by atoms with Gasteiger partial charge in [0.25, 0.3) is 0 Å². The van der Waals surface area contributed by atoms with Crippen molar-refractivity contribution in [1.29, 1.82) is 5.26 Å². The van der Waals surface area contributed by atoms with Crippen LogP contribution in [0, 0.1) is 11.3 Å². The van der Waals surface area contributed by atoms with Gasteiger partial charge in [-0.1, -0.05) is 0 Å². The second-order valence-electron chi connectivity index (χ2n) is 2.71. The molecule has 0 N–H and O–H groups in total. The van der Waals surface area contributed by atoms with E-state index in [1.165, 1.54) is 11.9 Å². The lowest BCUT2D eigenvalue weighted by molar-refractivity contribution is -0.159. The van der Waals surface area contributed by atoms with Gasteiger partial charge in [0.05, 0.1) is 12.7 Å². The van der Waals surface area contributed by atoms with Crippen molar-refractivity contribution in [3.63, 3.8) is 0 Å². The van der Waals surface area contributed by atoms with Crippen molar-refractivity contribution in [1.82, 2.24) is 4.90 Å². The number of nitriles is 1. The predicted molar refractivity (Wildman–Crippen MR) is 49.1 cm³/mol. The van der Waals surface area contributed by atoms with Gasteiger partial charge in [-0.2, -0.15) is 5.26 Å². The Balaban J connectivity index is 3.87. The maximum atomic E-state index is 11.2. The summed E-state index contributed by atoms with van der Waals surface area (Å²) >= 11 is 0. The monoisotopic (exact) mass is 198 g/mol. The summed E-state index contributed by atoms with van der Waals surface area (Å²) in [5.41, 5.74) is 0. The third-order valence-corrected chi connectivity index (χ3v) is 1.58. The molecule has 0 heterocycles. The van der Waals surface area contributed by atoms with Crippen molar-refractivity contribution in [2.24, 2.45) is 0 Å². The number of nitrogens with zero attached hydrogens (tertiary/aromatic N) is 2. The van der Waals surface area contributed by atoms with Crippen LogP contribution >= 0.6 is 0 Å². The minimum absolute atomic E-state index is 0.191. The largest absolute Gasteiger partial charge is 0.459 e. The first-order valence-corrected chi connectivity index (χ1v) is 4.42. The predicted octanol–water partition coefficient (Wildman–Crippen LogP) is 0.312. The standard InChI is InChI=1S/C9H14N2O3/c1-3-14-9(13)8(12)11(2)7-5-4-6-10/h3-5,7H2,1-2H3. The maximum Gasteiger partial charge on any atom is 0.396 e. The highest BCUT2D eigenvalue weighted by atomic mass is 16.5. The van der Waals surface area contributed by atoms with E-state index in [-0.39, 0.29) is 6.61 Å². The van der Waals surface area contributed by atoms with Crippen LogP contribution in [-0.2, 0) is 14.3 Å². The van der Waals surface area contributed by atoms with E-state index in [4.69, 9.17) is 5.26 Å². The second-order valence-corrected chi connectivity index (χ2v) is 2.71. The summed E-state index contributed by atoms with van der Waals surface area (Å²) in [7, 11) is 1.51. The van der Waals surface area contributed by atoms with Crippen LogP contribution < -0.4 is 0 Å². The molecular weight excluding hydrogens is 184 g/mol.